The molecule has 0 unspecified atom stereocenters. The van der Waals surface area contributed by atoms with Gasteiger partial charge < -0.3 is 5.32 Å². The van der Waals surface area contributed by atoms with Gasteiger partial charge in [0.25, 0.3) is 5.91 Å². The average Bonchev–Trinajstić information content (AvgIpc) is 2.92. The Morgan fingerprint density at radius 2 is 2.20 bits per heavy atom. The molecule has 2 N–H and O–H groups in total. The van der Waals surface area contributed by atoms with Crippen LogP contribution >= 0.6 is 0 Å². The predicted molar refractivity (Wildman–Crippen MR) is 76.2 cm³/mol. The molecule has 1 aromatic carbocycles. The minimum Gasteiger partial charge on any atom is -0.346 e. The highest BCUT2D eigenvalue weighted by atomic mass is 16.1. The number of aryl methyl sites for hydroxylation is 1. The van der Waals surface area contributed by atoms with E-state index in [1.165, 1.54) is 0 Å². The molecule has 100 valence electrons. The Hall–Kier alpha value is -2.69. The normalized spacial score (nSPS) is 10.7. The molecule has 3 rings (SSSR count). The van der Waals surface area contributed by atoms with Crippen LogP contribution in [-0.4, -0.2) is 21.1 Å². The molecule has 0 bridgehead atoms. The summed E-state index contributed by atoms with van der Waals surface area (Å²) in [6.45, 7) is 2.35. The summed E-state index contributed by atoms with van der Waals surface area (Å²) in [6.07, 6.45) is 1.73. The molecule has 0 saturated heterocycles. The van der Waals surface area contributed by atoms with Crippen molar-refractivity contribution in [3.05, 3.63) is 59.5 Å². The molecule has 0 radical (unpaired) electrons. The van der Waals surface area contributed by atoms with Gasteiger partial charge in [-0.2, -0.15) is 5.10 Å². The molecular weight excluding hydrogens is 252 g/mol. The number of benzene rings is 1. The van der Waals surface area contributed by atoms with E-state index in [1.54, 1.807) is 18.3 Å². The molecule has 5 nitrogen and oxygen atoms in total. The van der Waals surface area contributed by atoms with E-state index < -0.39 is 0 Å². The monoisotopic (exact) mass is 266 g/mol. The number of nitrogens with zero attached hydrogens (tertiary/aromatic N) is 2. The maximum atomic E-state index is 12.1. The topological polar surface area (TPSA) is 70.7 Å². The van der Waals surface area contributed by atoms with Crippen LogP contribution in [0.5, 0.6) is 0 Å². The van der Waals surface area contributed by atoms with Gasteiger partial charge in [0.1, 0.15) is 0 Å². The summed E-state index contributed by atoms with van der Waals surface area (Å²) < 4.78 is 0. The van der Waals surface area contributed by atoms with Gasteiger partial charge in [0.05, 0.1) is 24.0 Å². The Labute approximate surface area is 116 Å². The maximum absolute atomic E-state index is 12.1. The highest BCUT2D eigenvalue weighted by Gasteiger charge is 2.07. The first kappa shape index (κ1) is 12.3. The summed E-state index contributed by atoms with van der Waals surface area (Å²) >= 11 is 0. The van der Waals surface area contributed by atoms with Crippen LogP contribution in [-0.2, 0) is 6.54 Å². The van der Waals surface area contributed by atoms with Crippen LogP contribution in [0.25, 0.3) is 10.9 Å². The number of pyridine rings is 1. The Kier molecular flexibility index (Phi) is 3.16. The first-order valence-corrected chi connectivity index (χ1v) is 6.36. The van der Waals surface area contributed by atoms with Gasteiger partial charge in [-0.3, -0.25) is 14.9 Å². The van der Waals surface area contributed by atoms with E-state index in [0.29, 0.717) is 12.1 Å². The van der Waals surface area contributed by atoms with Crippen LogP contribution < -0.4 is 5.32 Å². The molecule has 0 aliphatic heterocycles. The minimum atomic E-state index is -0.121. The largest absolute Gasteiger partial charge is 0.346 e. The minimum absolute atomic E-state index is 0.121. The first-order chi connectivity index (χ1) is 9.72. The predicted octanol–water partition coefficient (Wildman–Crippen LogP) is 2.20. The fourth-order valence-corrected chi connectivity index (χ4v) is 2.05. The van der Waals surface area contributed by atoms with E-state index in [4.69, 9.17) is 0 Å². The van der Waals surface area contributed by atoms with E-state index in [-0.39, 0.29) is 5.91 Å². The Morgan fingerprint density at radius 1 is 1.30 bits per heavy atom. The van der Waals surface area contributed by atoms with Crippen molar-refractivity contribution in [1.29, 1.82) is 0 Å². The van der Waals surface area contributed by atoms with E-state index in [1.807, 2.05) is 31.2 Å². The van der Waals surface area contributed by atoms with E-state index in [2.05, 4.69) is 20.5 Å². The standard InChI is InChI=1S/C15H14N4O/c1-10-3-2-4-13(18-10)9-16-15(20)11-5-6-12-8-17-19-14(12)7-11/h2-8H,9H2,1H3,(H,16,20)(H,17,19). The van der Waals surface area contributed by atoms with Gasteiger partial charge in [0.2, 0.25) is 0 Å². The fourth-order valence-electron chi connectivity index (χ4n) is 2.05. The quantitative estimate of drug-likeness (QED) is 0.763. The number of carbonyl (C=O) groups is 1. The number of hydrogen-bond acceptors (Lipinski definition) is 3. The second-order valence-corrected chi connectivity index (χ2v) is 4.63. The van der Waals surface area contributed by atoms with Crippen molar-refractivity contribution in [2.45, 2.75) is 13.5 Å². The zero-order valence-corrected chi connectivity index (χ0v) is 11.1. The van der Waals surface area contributed by atoms with Crippen molar-refractivity contribution in [3.8, 4) is 0 Å². The molecule has 0 aliphatic carbocycles. The molecule has 5 heteroatoms. The maximum Gasteiger partial charge on any atom is 0.251 e. The number of aromatic amines is 1. The summed E-state index contributed by atoms with van der Waals surface area (Å²) in [4.78, 5) is 16.4. The van der Waals surface area contributed by atoms with Crippen molar-refractivity contribution in [2.75, 3.05) is 0 Å². The molecule has 0 spiro atoms. The Bertz CT molecular complexity index is 763. The number of carbonyl (C=O) groups excluding carboxylic acids is 1. The molecule has 0 saturated carbocycles. The van der Waals surface area contributed by atoms with E-state index in [9.17, 15) is 4.79 Å². The van der Waals surface area contributed by atoms with Gasteiger partial charge in [0, 0.05) is 16.6 Å². The lowest BCUT2D eigenvalue weighted by Gasteiger charge is -2.05. The van der Waals surface area contributed by atoms with Crippen molar-refractivity contribution in [2.24, 2.45) is 0 Å². The van der Waals surface area contributed by atoms with E-state index >= 15 is 0 Å². The third-order valence-corrected chi connectivity index (χ3v) is 3.08. The molecule has 1 amide bonds. The summed E-state index contributed by atoms with van der Waals surface area (Å²) in [5.74, 6) is -0.121. The zero-order valence-electron chi connectivity index (χ0n) is 11.1. The SMILES string of the molecule is Cc1cccc(CNC(=O)c2ccc3cn[nH]c3c2)n1. The molecule has 2 aromatic heterocycles. The summed E-state index contributed by atoms with van der Waals surface area (Å²) in [7, 11) is 0. The highest BCUT2D eigenvalue weighted by molar-refractivity contribution is 5.97. The van der Waals surface area contributed by atoms with Gasteiger partial charge in [-0.1, -0.05) is 12.1 Å². The number of fused-ring (bicyclic) bond motifs is 1. The Morgan fingerprint density at radius 3 is 3.05 bits per heavy atom. The molecule has 0 aliphatic rings. The number of hydrogen-bond donors (Lipinski definition) is 2. The number of rotatable bonds is 3. The lowest BCUT2D eigenvalue weighted by atomic mass is 10.1. The summed E-state index contributed by atoms with van der Waals surface area (Å²) in [6, 6.07) is 11.2. The number of amides is 1. The van der Waals surface area contributed by atoms with Crippen molar-refractivity contribution >= 4 is 16.8 Å². The van der Waals surface area contributed by atoms with Gasteiger partial charge in [0.15, 0.2) is 0 Å². The van der Waals surface area contributed by atoms with Crippen LogP contribution in [0.2, 0.25) is 0 Å². The van der Waals surface area contributed by atoms with Crippen LogP contribution in [0.1, 0.15) is 21.7 Å². The van der Waals surface area contributed by atoms with Gasteiger partial charge in [-0.05, 0) is 31.2 Å². The van der Waals surface area contributed by atoms with Crippen LogP contribution in [0, 0.1) is 6.92 Å². The smallest absolute Gasteiger partial charge is 0.251 e. The van der Waals surface area contributed by atoms with Gasteiger partial charge >= 0.3 is 0 Å². The number of H-pyrrole nitrogens is 1. The fraction of sp³-hybridized carbons (Fsp3) is 0.133. The molecule has 0 atom stereocenters. The van der Waals surface area contributed by atoms with Crippen LogP contribution in [0.4, 0.5) is 0 Å². The molecule has 20 heavy (non-hydrogen) atoms. The van der Waals surface area contributed by atoms with Crippen LogP contribution in [0.15, 0.2) is 42.6 Å². The molecule has 2 heterocycles. The van der Waals surface area contributed by atoms with Crippen LogP contribution in [0.3, 0.4) is 0 Å². The van der Waals surface area contributed by atoms with E-state index in [0.717, 1.165) is 22.3 Å². The molecule has 0 fully saturated rings. The third-order valence-electron chi connectivity index (χ3n) is 3.08. The number of nitrogens with one attached hydrogen (secondary N) is 2. The highest BCUT2D eigenvalue weighted by Crippen LogP contribution is 2.12. The first-order valence-electron chi connectivity index (χ1n) is 6.36. The van der Waals surface area contributed by atoms with Gasteiger partial charge in [-0.15, -0.1) is 0 Å². The lowest BCUT2D eigenvalue weighted by Crippen LogP contribution is -2.23. The van der Waals surface area contributed by atoms with Crippen molar-refractivity contribution < 1.29 is 4.79 Å². The van der Waals surface area contributed by atoms with Crippen molar-refractivity contribution in [1.82, 2.24) is 20.5 Å². The lowest BCUT2D eigenvalue weighted by molar-refractivity contribution is 0.0950. The summed E-state index contributed by atoms with van der Waals surface area (Å²) in [5.41, 5.74) is 3.25. The van der Waals surface area contributed by atoms with Gasteiger partial charge in [-0.25, -0.2) is 0 Å². The third kappa shape index (κ3) is 2.51. The van der Waals surface area contributed by atoms with Crippen molar-refractivity contribution in [3.63, 3.8) is 0 Å². The molecule has 3 aromatic rings. The number of aromatic nitrogens is 3. The Balaban J connectivity index is 1.72. The second kappa shape index (κ2) is 5.13. The second-order valence-electron chi connectivity index (χ2n) is 4.63. The average molecular weight is 266 g/mol. The molecular formula is C15H14N4O. The summed E-state index contributed by atoms with van der Waals surface area (Å²) in [5, 5.41) is 10.6. The zero-order chi connectivity index (χ0) is 13.9.